The van der Waals surface area contributed by atoms with Gasteiger partial charge < -0.3 is 31.6 Å². The number of nitro groups is 4. The number of nitrogens with two attached hydrogens (primary N) is 2. The molecule has 6 N–H and O–H groups in total. The second kappa shape index (κ2) is 16.2. The molecule has 18 nitrogen and oxygen atoms in total. The highest BCUT2D eigenvalue weighted by Gasteiger charge is 2.17. The van der Waals surface area contributed by atoms with Crippen molar-refractivity contribution in [2.24, 2.45) is 0 Å². The van der Waals surface area contributed by atoms with Crippen LogP contribution in [0.5, 0.6) is 23.0 Å². The SMILES string of the molecule is C.C.CNc1cc(Oc2ccc([N+](=O)[O-])c(NC)c2)ccc1[N+](=O)[O-].Nc1cc(Oc2ccc([N+](=O)[O-])c(N)c2)ccc1[N+](=O)[O-]. The molecule has 0 atom stereocenters. The maximum atomic E-state index is 10.9. The summed E-state index contributed by atoms with van der Waals surface area (Å²) >= 11 is 0. The Labute approximate surface area is 262 Å². The molecule has 0 bridgehead atoms. The summed E-state index contributed by atoms with van der Waals surface area (Å²) in [4.78, 5) is 40.8. The van der Waals surface area contributed by atoms with E-state index in [1.165, 1.54) is 72.8 Å². The molecule has 4 aromatic carbocycles. The Balaban J connectivity index is 0.000000442. The molecule has 0 heterocycles. The first-order valence-electron chi connectivity index (χ1n) is 12.2. The van der Waals surface area contributed by atoms with Gasteiger partial charge in [0.2, 0.25) is 0 Å². The molecule has 0 aliphatic rings. The Kier molecular flexibility index (Phi) is 13.2. The fourth-order valence-corrected chi connectivity index (χ4v) is 3.67. The number of benzene rings is 4. The fraction of sp³-hybridized carbons (Fsp3) is 0.143. The molecule has 0 spiro atoms. The number of nitrogens with zero attached hydrogens (tertiary/aromatic N) is 4. The van der Waals surface area contributed by atoms with Crippen molar-refractivity contribution in [2.75, 3.05) is 36.2 Å². The summed E-state index contributed by atoms with van der Waals surface area (Å²) in [5, 5.41) is 48.5. The van der Waals surface area contributed by atoms with Crippen LogP contribution in [0.25, 0.3) is 0 Å². The first-order valence-corrected chi connectivity index (χ1v) is 12.2. The number of nitrogen functional groups attached to an aromatic ring is 2. The van der Waals surface area contributed by atoms with Gasteiger partial charge in [-0.1, -0.05) is 14.9 Å². The van der Waals surface area contributed by atoms with Gasteiger partial charge in [0.05, 0.1) is 19.7 Å². The van der Waals surface area contributed by atoms with Crippen LogP contribution >= 0.6 is 0 Å². The maximum absolute atomic E-state index is 10.9. The summed E-state index contributed by atoms with van der Waals surface area (Å²) in [5.41, 5.74) is 11.0. The minimum atomic E-state index is -0.608. The third-order valence-electron chi connectivity index (χ3n) is 5.73. The second-order valence-electron chi connectivity index (χ2n) is 8.53. The quantitative estimate of drug-likeness (QED) is 0.0764. The zero-order valence-electron chi connectivity index (χ0n) is 23.0. The summed E-state index contributed by atoms with van der Waals surface area (Å²) in [5.74, 6) is 1.25. The van der Waals surface area contributed by atoms with E-state index in [-0.39, 0.29) is 60.5 Å². The Morgan fingerprint density at radius 1 is 0.500 bits per heavy atom. The Morgan fingerprint density at radius 3 is 1.00 bits per heavy atom. The molecule has 4 rings (SSSR count). The van der Waals surface area contributed by atoms with Crippen molar-refractivity contribution in [2.45, 2.75) is 14.9 Å². The summed E-state index contributed by atoms with van der Waals surface area (Å²) in [7, 11) is 3.13. The van der Waals surface area contributed by atoms with Gasteiger partial charge in [-0.3, -0.25) is 40.5 Å². The van der Waals surface area contributed by atoms with E-state index >= 15 is 0 Å². The van der Waals surface area contributed by atoms with Crippen LogP contribution in [0.2, 0.25) is 0 Å². The van der Waals surface area contributed by atoms with E-state index in [9.17, 15) is 40.5 Å². The molecule has 0 aliphatic carbocycles. The third-order valence-corrected chi connectivity index (χ3v) is 5.73. The van der Waals surface area contributed by atoms with Gasteiger partial charge >= 0.3 is 0 Å². The van der Waals surface area contributed by atoms with Crippen LogP contribution in [0.3, 0.4) is 0 Å². The molecule has 18 heteroatoms. The minimum Gasteiger partial charge on any atom is -0.457 e. The molecule has 244 valence electrons. The zero-order chi connectivity index (χ0) is 32.6. The predicted octanol–water partition coefficient (Wildman–Crippen LogP) is 7.11. The van der Waals surface area contributed by atoms with Crippen LogP contribution in [-0.2, 0) is 0 Å². The van der Waals surface area contributed by atoms with Gasteiger partial charge in [-0.05, 0) is 24.3 Å². The van der Waals surface area contributed by atoms with Gasteiger partial charge in [0, 0.05) is 62.6 Å². The van der Waals surface area contributed by atoms with Crippen molar-refractivity contribution in [3.63, 3.8) is 0 Å². The Morgan fingerprint density at radius 2 is 0.761 bits per heavy atom. The van der Waals surface area contributed by atoms with Crippen LogP contribution in [0.15, 0.2) is 72.8 Å². The van der Waals surface area contributed by atoms with E-state index in [0.29, 0.717) is 22.9 Å². The molecule has 0 unspecified atom stereocenters. The van der Waals surface area contributed by atoms with Crippen molar-refractivity contribution in [3.05, 3.63) is 113 Å². The van der Waals surface area contributed by atoms with Crippen LogP contribution < -0.4 is 31.6 Å². The molecule has 0 aliphatic heterocycles. The summed E-state index contributed by atoms with van der Waals surface area (Å²) < 4.78 is 11.0. The molecule has 0 radical (unpaired) electrons. The van der Waals surface area contributed by atoms with Crippen molar-refractivity contribution >= 4 is 45.5 Å². The average Bonchev–Trinajstić information content (AvgIpc) is 2.96. The molecular weight excluding hydrogens is 608 g/mol. The smallest absolute Gasteiger partial charge is 0.292 e. The Bertz CT molecular complexity index is 1620. The minimum absolute atomic E-state index is 0. The first-order chi connectivity index (χ1) is 20.8. The highest BCUT2D eigenvalue weighted by molar-refractivity contribution is 5.66. The largest absolute Gasteiger partial charge is 0.457 e. The van der Waals surface area contributed by atoms with E-state index in [4.69, 9.17) is 20.9 Å². The van der Waals surface area contributed by atoms with Crippen molar-refractivity contribution in [1.82, 2.24) is 0 Å². The normalized spacial score (nSPS) is 9.61. The van der Waals surface area contributed by atoms with Crippen LogP contribution in [0.4, 0.5) is 45.5 Å². The molecule has 0 aromatic heterocycles. The number of nitro benzene ring substituents is 4. The van der Waals surface area contributed by atoms with Gasteiger partial charge in [-0.2, -0.15) is 0 Å². The number of anilines is 4. The van der Waals surface area contributed by atoms with Gasteiger partial charge in [-0.15, -0.1) is 0 Å². The highest BCUT2D eigenvalue weighted by Crippen LogP contribution is 2.35. The van der Waals surface area contributed by atoms with E-state index in [1.807, 2.05) is 0 Å². The van der Waals surface area contributed by atoms with E-state index in [2.05, 4.69) is 10.6 Å². The van der Waals surface area contributed by atoms with Crippen molar-refractivity contribution in [1.29, 1.82) is 0 Å². The standard InChI is InChI=1S/C14H14N4O5.C12H10N4O5.2CH4/c1-15-11-7-9(3-5-13(11)17(19)20)23-10-4-6-14(18(21)22)12(8-10)16-2;13-9-5-7(1-3-11(9)15(17)18)21-8-2-4-12(16(19)20)10(14)6-8;;/h3-8,15-16H,1-2H3;1-6H,13-14H2;2*1H4. The number of ether oxygens (including phenoxy) is 2. The lowest BCUT2D eigenvalue weighted by molar-refractivity contribution is -0.384. The van der Waals surface area contributed by atoms with Gasteiger partial charge in [-0.25, -0.2) is 0 Å². The van der Waals surface area contributed by atoms with E-state index in [0.717, 1.165) is 0 Å². The maximum Gasteiger partial charge on any atom is 0.292 e. The monoisotopic (exact) mass is 640 g/mol. The van der Waals surface area contributed by atoms with Crippen molar-refractivity contribution < 1.29 is 29.2 Å². The van der Waals surface area contributed by atoms with Gasteiger partial charge in [0.25, 0.3) is 22.7 Å². The molecule has 46 heavy (non-hydrogen) atoms. The van der Waals surface area contributed by atoms with Crippen LogP contribution in [0, 0.1) is 40.5 Å². The lowest BCUT2D eigenvalue weighted by Gasteiger charge is -2.10. The number of hydrogen-bond acceptors (Lipinski definition) is 14. The molecule has 0 saturated heterocycles. The molecular formula is C28H32N8O10. The number of hydrogen-bond donors (Lipinski definition) is 4. The lowest BCUT2D eigenvalue weighted by atomic mass is 10.2. The molecule has 0 saturated carbocycles. The molecule has 0 amide bonds. The third kappa shape index (κ3) is 9.14. The lowest BCUT2D eigenvalue weighted by Crippen LogP contribution is -1.98. The van der Waals surface area contributed by atoms with E-state index in [1.54, 1.807) is 14.1 Å². The number of nitrogens with one attached hydrogen (secondary N) is 2. The second-order valence-corrected chi connectivity index (χ2v) is 8.53. The van der Waals surface area contributed by atoms with Gasteiger partial charge in [0.15, 0.2) is 0 Å². The molecule has 4 aromatic rings. The Hall–Kier alpha value is -6.72. The van der Waals surface area contributed by atoms with Crippen LogP contribution in [-0.4, -0.2) is 33.8 Å². The number of rotatable bonds is 10. The topological polar surface area (TPSA) is 267 Å². The predicted molar refractivity (Wildman–Crippen MR) is 174 cm³/mol. The fourth-order valence-electron chi connectivity index (χ4n) is 3.67. The average molecular weight is 641 g/mol. The highest BCUT2D eigenvalue weighted by atomic mass is 16.6. The van der Waals surface area contributed by atoms with Crippen LogP contribution in [0.1, 0.15) is 14.9 Å². The zero-order valence-corrected chi connectivity index (χ0v) is 23.0. The summed E-state index contributed by atoms with van der Waals surface area (Å²) in [6.07, 6.45) is 0. The first kappa shape index (κ1) is 37.3. The molecule has 0 fully saturated rings. The van der Waals surface area contributed by atoms with E-state index < -0.39 is 19.7 Å². The summed E-state index contributed by atoms with van der Waals surface area (Å²) in [6.45, 7) is 0. The van der Waals surface area contributed by atoms with Gasteiger partial charge in [0.1, 0.15) is 45.7 Å². The van der Waals surface area contributed by atoms with Crippen molar-refractivity contribution in [3.8, 4) is 23.0 Å². The summed E-state index contributed by atoms with van der Waals surface area (Å²) in [6, 6.07) is 16.3.